The van der Waals surface area contributed by atoms with Gasteiger partial charge in [0.05, 0.1) is 23.8 Å². The Balaban J connectivity index is 1.37. The van der Waals surface area contributed by atoms with Crippen LogP contribution in [-0.4, -0.2) is 54.7 Å². The molecular formula is C38H37F5N4O5. The monoisotopic (exact) mass is 724 g/mol. The molecule has 1 aliphatic rings. The van der Waals surface area contributed by atoms with Crippen molar-refractivity contribution in [1.29, 1.82) is 0 Å². The van der Waals surface area contributed by atoms with Gasteiger partial charge in [-0.2, -0.15) is 13.2 Å². The number of rotatable bonds is 14. The van der Waals surface area contributed by atoms with Crippen LogP contribution < -0.4 is 25.6 Å². The van der Waals surface area contributed by atoms with Crippen LogP contribution in [0.5, 0.6) is 5.75 Å². The molecule has 0 saturated carbocycles. The van der Waals surface area contributed by atoms with Crippen LogP contribution in [0.4, 0.5) is 27.6 Å². The number of ether oxygens (including phenoxy) is 1. The summed E-state index contributed by atoms with van der Waals surface area (Å²) >= 11 is 0. The molecule has 1 saturated heterocycles. The van der Waals surface area contributed by atoms with E-state index in [1.807, 2.05) is 30.3 Å². The lowest BCUT2D eigenvalue weighted by Crippen LogP contribution is -2.50. The van der Waals surface area contributed by atoms with Gasteiger partial charge in [-0.1, -0.05) is 48.5 Å². The van der Waals surface area contributed by atoms with E-state index in [0.29, 0.717) is 31.1 Å². The Labute approximate surface area is 296 Å². The van der Waals surface area contributed by atoms with E-state index in [-0.39, 0.29) is 41.4 Å². The minimum atomic E-state index is -4.54. The van der Waals surface area contributed by atoms with Crippen molar-refractivity contribution in [3.63, 3.8) is 0 Å². The van der Waals surface area contributed by atoms with Crippen LogP contribution in [0.15, 0.2) is 91.0 Å². The second-order valence-electron chi connectivity index (χ2n) is 12.4. The number of benzene rings is 4. The molecule has 4 aromatic rings. The predicted octanol–water partition coefficient (Wildman–Crippen LogP) is 5.93. The molecule has 3 amide bonds. The number of nitrogens with zero attached hydrogens (tertiary/aromatic N) is 1. The lowest BCUT2D eigenvalue weighted by atomic mass is 10.0. The molecule has 4 N–H and O–H groups in total. The molecule has 9 nitrogen and oxygen atoms in total. The first-order valence-corrected chi connectivity index (χ1v) is 16.5. The summed E-state index contributed by atoms with van der Waals surface area (Å²) in [7, 11) is 0. The summed E-state index contributed by atoms with van der Waals surface area (Å²) in [5, 5.41) is 19.6. The fourth-order valence-corrected chi connectivity index (χ4v) is 5.72. The Morgan fingerprint density at radius 1 is 0.885 bits per heavy atom. The molecule has 52 heavy (non-hydrogen) atoms. The van der Waals surface area contributed by atoms with Gasteiger partial charge < -0.3 is 30.7 Å². The van der Waals surface area contributed by atoms with Gasteiger partial charge in [0.1, 0.15) is 24.0 Å². The normalized spacial score (nSPS) is 14.8. The van der Waals surface area contributed by atoms with Gasteiger partial charge in [0, 0.05) is 61.1 Å². The van der Waals surface area contributed by atoms with Crippen molar-refractivity contribution in [3.05, 3.63) is 130 Å². The molecular weight excluding hydrogens is 687 g/mol. The molecule has 0 bridgehead atoms. The van der Waals surface area contributed by atoms with Crippen molar-refractivity contribution in [3.8, 4) is 5.75 Å². The topological polar surface area (TPSA) is 120 Å². The van der Waals surface area contributed by atoms with Crippen molar-refractivity contribution in [2.75, 3.05) is 24.6 Å². The fourth-order valence-electron chi connectivity index (χ4n) is 5.72. The summed E-state index contributed by atoms with van der Waals surface area (Å²) in [6, 6.07) is 19.0. The largest absolute Gasteiger partial charge is 0.491 e. The molecule has 0 spiro atoms. The molecule has 1 fully saturated rings. The number of halogens is 5. The minimum absolute atomic E-state index is 0.0272. The van der Waals surface area contributed by atoms with E-state index < -0.39 is 60.0 Å². The first-order valence-electron chi connectivity index (χ1n) is 16.5. The summed E-state index contributed by atoms with van der Waals surface area (Å²) < 4.78 is 72.8. The highest BCUT2D eigenvalue weighted by Gasteiger charge is 2.31. The van der Waals surface area contributed by atoms with Crippen LogP contribution in [0.3, 0.4) is 0 Å². The van der Waals surface area contributed by atoms with Crippen LogP contribution in [0.25, 0.3) is 0 Å². The van der Waals surface area contributed by atoms with Gasteiger partial charge in [0.2, 0.25) is 5.91 Å². The van der Waals surface area contributed by atoms with Crippen molar-refractivity contribution in [2.45, 2.75) is 50.7 Å². The zero-order valence-electron chi connectivity index (χ0n) is 28.1. The molecule has 1 aliphatic heterocycles. The molecule has 0 aromatic heterocycles. The molecule has 3 atom stereocenters. The minimum Gasteiger partial charge on any atom is -0.491 e. The zero-order valence-corrected chi connectivity index (χ0v) is 28.1. The van der Waals surface area contributed by atoms with Crippen LogP contribution in [0.1, 0.15) is 63.2 Å². The Hall–Kier alpha value is -5.34. The standard InChI is InChI=1S/C38H37F5N4O5/c1-23(25-8-3-2-4-9-25)45-36(50)26-14-27(16-31(15-26)47-12-6-11-35(47)49)37(51)46-33(22-52-32-18-29(39)17-30(40)19-32)34(48)21-44-20-24-7-5-10-28(13-24)38(41,42)43/h2-5,7-10,13-19,23,33-34,44,48H,6,11-12,20-22H2,1H3,(H,45,50)(H,46,51)/t23-,33+,34-/m1/s1. The number of anilines is 1. The number of aliphatic hydroxyl groups excluding tert-OH is 1. The fraction of sp³-hybridized carbons (Fsp3) is 0.289. The summed E-state index contributed by atoms with van der Waals surface area (Å²) in [5.41, 5.74) is 0.677. The van der Waals surface area contributed by atoms with Gasteiger partial charge in [-0.25, -0.2) is 8.78 Å². The maximum atomic E-state index is 13.9. The zero-order chi connectivity index (χ0) is 37.4. The SMILES string of the molecule is C[C@@H](NC(=O)c1cc(C(=O)N[C@@H](COc2cc(F)cc(F)c2)[C@H](O)CNCc2cccc(C(F)(F)F)c2)cc(N2CCCC2=O)c1)c1ccccc1. The highest BCUT2D eigenvalue weighted by Crippen LogP contribution is 2.30. The smallest absolute Gasteiger partial charge is 0.416 e. The molecule has 4 aromatic carbocycles. The maximum Gasteiger partial charge on any atom is 0.416 e. The average Bonchev–Trinajstić information content (AvgIpc) is 3.55. The van der Waals surface area contributed by atoms with Crippen molar-refractivity contribution >= 4 is 23.4 Å². The third-order valence-corrected chi connectivity index (χ3v) is 8.46. The molecule has 14 heteroatoms. The highest BCUT2D eigenvalue weighted by atomic mass is 19.4. The van der Waals surface area contributed by atoms with E-state index >= 15 is 0 Å². The van der Waals surface area contributed by atoms with E-state index in [9.17, 15) is 41.4 Å². The first-order chi connectivity index (χ1) is 24.8. The van der Waals surface area contributed by atoms with Gasteiger partial charge in [0.15, 0.2) is 0 Å². The molecule has 0 aliphatic carbocycles. The Bertz CT molecular complexity index is 1870. The predicted molar refractivity (Wildman–Crippen MR) is 183 cm³/mol. The average molecular weight is 725 g/mol. The van der Waals surface area contributed by atoms with E-state index in [4.69, 9.17) is 4.74 Å². The van der Waals surface area contributed by atoms with Gasteiger partial charge in [-0.3, -0.25) is 14.4 Å². The van der Waals surface area contributed by atoms with E-state index in [1.54, 1.807) is 6.92 Å². The van der Waals surface area contributed by atoms with Gasteiger partial charge in [-0.15, -0.1) is 0 Å². The first kappa shape index (κ1) is 37.9. The van der Waals surface area contributed by atoms with Crippen molar-refractivity contribution in [2.24, 2.45) is 0 Å². The number of hydrogen-bond donors (Lipinski definition) is 4. The summed E-state index contributed by atoms with van der Waals surface area (Å²) in [6.07, 6.45) is -5.09. The van der Waals surface area contributed by atoms with Crippen LogP contribution in [0, 0.1) is 11.6 Å². The Morgan fingerprint density at radius 3 is 2.19 bits per heavy atom. The number of amides is 3. The third kappa shape index (κ3) is 10.1. The number of nitrogens with one attached hydrogen (secondary N) is 3. The lowest BCUT2D eigenvalue weighted by Gasteiger charge is -2.25. The maximum absolute atomic E-state index is 13.9. The van der Waals surface area contributed by atoms with Crippen LogP contribution in [0.2, 0.25) is 0 Å². The van der Waals surface area contributed by atoms with Gasteiger partial charge in [-0.05, 0) is 48.7 Å². The molecule has 5 rings (SSSR count). The van der Waals surface area contributed by atoms with E-state index in [0.717, 1.165) is 29.8 Å². The number of carbonyl (C=O) groups excluding carboxylic acids is 3. The molecule has 0 unspecified atom stereocenters. The Morgan fingerprint density at radius 2 is 1.56 bits per heavy atom. The highest BCUT2D eigenvalue weighted by molar-refractivity contribution is 6.04. The quantitative estimate of drug-likeness (QED) is 0.120. The molecule has 274 valence electrons. The van der Waals surface area contributed by atoms with Gasteiger partial charge in [0.25, 0.3) is 11.8 Å². The van der Waals surface area contributed by atoms with Crippen LogP contribution >= 0.6 is 0 Å². The van der Waals surface area contributed by atoms with E-state index in [2.05, 4.69) is 16.0 Å². The molecule has 1 heterocycles. The van der Waals surface area contributed by atoms with Crippen LogP contribution in [-0.2, 0) is 17.5 Å². The van der Waals surface area contributed by atoms with Crippen molar-refractivity contribution < 1.29 is 46.2 Å². The summed E-state index contributed by atoms with van der Waals surface area (Å²) in [6.45, 7) is 1.39. The number of hydrogen-bond acceptors (Lipinski definition) is 6. The summed E-state index contributed by atoms with van der Waals surface area (Å²) in [5.74, 6) is -3.52. The Kier molecular flexibility index (Phi) is 12.2. The number of aliphatic hydroxyl groups is 1. The lowest BCUT2D eigenvalue weighted by molar-refractivity contribution is -0.137. The second-order valence-corrected chi connectivity index (χ2v) is 12.4. The van der Waals surface area contributed by atoms with Crippen molar-refractivity contribution in [1.82, 2.24) is 16.0 Å². The van der Waals surface area contributed by atoms with Gasteiger partial charge >= 0.3 is 6.18 Å². The van der Waals surface area contributed by atoms with E-state index in [1.165, 1.54) is 35.2 Å². The summed E-state index contributed by atoms with van der Waals surface area (Å²) in [4.78, 5) is 41.4. The third-order valence-electron chi connectivity index (χ3n) is 8.46. The number of carbonyl (C=O) groups is 3. The second kappa shape index (κ2) is 16.8. The number of alkyl halides is 3. The molecule has 0 radical (unpaired) electrons.